The Labute approximate surface area is 156 Å². The minimum absolute atomic E-state index is 0.518. The fourth-order valence-electron chi connectivity index (χ4n) is 2.77. The summed E-state index contributed by atoms with van der Waals surface area (Å²) >= 11 is 12.1. The molecule has 0 spiro atoms. The summed E-state index contributed by atoms with van der Waals surface area (Å²) in [6.07, 6.45) is -0.860. The molecule has 0 bridgehead atoms. The predicted molar refractivity (Wildman–Crippen MR) is 97.9 cm³/mol. The summed E-state index contributed by atoms with van der Waals surface area (Å²) in [5.74, 6) is 1.35. The molecule has 132 valence electrons. The van der Waals surface area contributed by atoms with Gasteiger partial charge in [0.25, 0.3) is 0 Å². The number of halogens is 2. The van der Waals surface area contributed by atoms with Crippen molar-refractivity contribution in [2.75, 3.05) is 26.2 Å². The monoisotopic (exact) mass is 380 g/mol. The van der Waals surface area contributed by atoms with E-state index in [1.165, 1.54) is 4.90 Å². The van der Waals surface area contributed by atoms with Gasteiger partial charge >= 0.3 is 6.09 Å². The van der Waals surface area contributed by atoms with Gasteiger partial charge in [0, 0.05) is 42.8 Å². The zero-order chi connectivity index (χ0) is 17.8. The summed E-state index contributed by atoms with van der Waals surface area (Å²) in [6, 6.07) is 12.8. The topological polar surface area (TPSA) is 53.0 Å². The fourth-order valence-corrected chi connectivity index (χ4v) is 3.14. The molecule has 7 heteroatoms. The van der Waals surface area contributed by atoms with Crippen molar-refractivity contribution in [2.45, 2.75) is 6.54 Å². The van der Waals surface area contributed by atoms with E-state index < -0.39 is 6.09 Å². The van der Waals surface area contributed by atoms with Crippen LogP contribution in [0.4, 0.5) is 4.79 Å². The Hall–Kier alpha value is -1.95. The summed E-state index contributed by atoms with van der Waals surface area (Å²) < 4.78 is 5.84. The zero-order valence-electron chi connectivity index (χ0n) is 13.5. The van der Waals surface area contributed by atoms with E-state index in [4.69, 9.17) is 33.0 Å². The summed E-state index contributed by atoms with van der Waals surface area (Å²) in [5, 5.41) is 10.3. The maximum absolute atomic E-state index is 11.0. The summed E-state index contributed by atoms with van der Waals surface area (Å²) in [4.78, 5) is 14.6. The van der Waals surface area contributed by atoms with Crippen LogP contribution in [-0.4, -0.2) is 47.2 Å². The normalized spacial score (nSPS) is 15.2. The van der Waals surface area contributed by atoms with Crippen LogP contribution in [0.5, 0.6) is 11.5 Å². The third-order valence-electron chi connectivity index (χ3n) is 4.03. The van der Waals surface area contributed by atoms with Gasteiger partial charge in [0.05, 0.1) is 0 Å². The first-order valence-electron chi connectivity index (χ1n) is 7.93. The van der Waals surface area contributed by atoms with Gasteiger partial charge in [-0.1, -0.05) is 23.2 Å². The molecule has 1 aliphatic heterocycles. The fraction of sp³-hybridized carbons (Fsp3) is 0.278. The van der Waals surface area contributed by atoms with Crippen LogP contribution in [0, 0.1) is 0 Å². The second kappa shape index (κ2) is 7.95. The summed E-state index contributed by atoms with van der Waals surface area (Å²) in [6.45, 7) is 3.14. The SMILES string of the molecule is O=C(O)N1CCN(Cc2cc(Cl)cc(Oc3ccc(Cl)cc3)c2)CC1. The lowest BCUT2D eigenvalue weighted by atomic mass is 10.2. The molecule has 1 aliphatic rings. The van der Waals surface area contributed by atoms with Crippen LogP contribution in [0.25, 0.3) is 0 Å². The highest BCUT2D eigenvalue weighted by Gasteiger charge is 2.20. The number of benzene rings is 2. The molecule has 1 saturated heterocycles. The Balaban J connectivity index is 1.65. The minimum Gasteiger partial charge on any atom is -0.465 e. The molecule has 2 aromatic carbocycles. The number of ether oxygens (including phenoxy) is 1. The Kier molecular flexibility index (Phi) is 5.68. The van der Waals surface area contributed by atoms with Crippen LogP contribution in [-0.2, 0) is 6.54 Å². The van der Waals surface area contributed by atoms with E-state index in [0.29, 0.717) is 54.3 Å². The van der Waals surface area contributed by atoms with E-state index in [1.54, 1.807) is 30.3 Å². The van der Waals surface area contributed by atoms with E-state index in [9.17, 15) is 4.79 Å². The molecule has 0 saturated carbocycles. The maximum Gasteiger partial charge on any atom is 0.407 e. The smallest absolute Gasteiger partial charge is 0.407 e. The van der Waals surface area contributed by atoms with Crippen molar-refractivity contribution < 1.29 is 14.6 Å². The molecule has 0 aliphatic carbocycles. The molecule has 0 radical (unpaired) electrons. The van der Waals surface area contributed by atoms with Gasteiger partial charge in [0.1, 0.15) is 11.5 Å². The molecule has 1 amide bonds. The number of piperazine rings is 1. The van der Waals surface area contributed by atoms with E-state index in [-0.39, 0.29) is 0 Å². The van der Waals surface area contributed by atoms with Gasteiger partial charge in [-0.25, -0.2) is 4.79 Å². The molecular weight excluding hydrogens is 363 g/mol. The zero-order valence-corrected chi connectivity index (χ0v) is 15.0. The second-order valence-corrected chi connectivity index (χ2v) is 6.77. The van der Waals surface area contributed by atoms with Crippen molar-refractivity contribution in [1.29, 1.82) is 0 Å². The quantitative estimate of drug-likeness (QED) is 0.842. The lowest BCUT2D eigenvalue weighted by Gasteiger charge is -2.33. The third kappa shape index (κ3) is 5.01. The third-order valence-corrected chi connectivity index (χ3v) is 4.50. The van der Waals surface area contributed by atoms with Gasteiger partial charge in [-0.2, -0.15) is 0 Å². The number of rotatable bonds is 4. The van der Waals surface area contributed by atoms with Crippen LogP contribution in [0.15, 0.2) is 42.5 Å². The van der Waals surface area contributed by atoms with Gasteiger partial charge in [-0.3, -0.25) is 4.90 Å². The molecule has 0 unspecified atom stereocenters. The molecule has 25 heavy (non-hydrogen) atoms. The summed E-state index contributed by atoms with van der Waals surface area (Å²) in [5.41, 5.74) is 1.03. The number of amides is 1. The van der Waals surface area contributed by atoms with Crippen molar-refractivity contribution in [3.8, 4) is 11.5 Å². The van der Waals surface area contributed by atoms with Crippen LogP contribution in [0.3, 0.4) is 0 Å². The molecule has 0 atom stereocenters. The van der Waals surface area contributed by atoms with Gasteiger partial charge in [0.2, 0.25) is 0 Å². The second-order valence-electron chi connectivity index (χ2n) is 5.90. The number of carbonyl (C=O) groups is 1. The molecule has 1 heterocycles. The number of nitrogens with zero attached hydrogens (tertiary/aromatic N) is 2. The van der Waals surface area contributed by atoms with E-state index in [2.05, 4.69) is 4.90 Å². The molecule has 1 fully saturated rings. The predicted octanol–water partition coefficient (Wildman–Crippen LogP) is 4.58. The van der Waals surface area contributed by atoms with Crippen molar-refractivity contribution in [1.82, 2.24) is 9.80 Å². The Morgan fingerprint density at radius 2 is 1.64 bits per heavy atom. The Morgan fingerprint density at radius 3 is 2.28 bits per heavy atom. The van der Waals surface area contributed by atoms with Gasteiger partial charge < -0.3 is 14.7 Å². The van der Waals surface area contributed by atoms with Crippen LogP contribution in [0.2, 0.25) is 10.0 Å². The average Bonchev–Trinajstić information content (AvgIpc) is 2.57. The Bertz CT molecular complexity index is 744. The highest BCUT2D eigenvalue weighted by molar-refractivity contribution is 6.31. The van der Waals surface area contributed by atoms with Crippen molar-refractivity contribution >= 4 is 29.3 Å². The van der Waals surface area contributed by atoms with Crippen LogP contribution in [0.1, 0.15) is 5.56 Å². The van der Waals surface area contributed by atoms with Gasteiger partial charge in [-0.15, -0.1) is 0 Å². The first kappa shape index (κ1) is 17.9. The number of hydrogen-bond acceptors (Lipinski definition) is 3. The van der Waals surface area contributed by atoms with Crippen molar-refractivity contribution in [3.05, 3.63) is 58.1 Å². The molecule has 2 aromatic rings. The van der Waals surface area contributed by atoms with Crippen molar-refractivity contribution in [2.24, 2.45) is 0 Å². The first-order chi connectivity index (χ1) is 12.0. The lowest BCUT2D eigenvalue weighted by Crippen LogP contribution is -2.47. The average molecular weight is 381 g/mol. The van der Waals surface area contributed by atoms with E-state index in [0.717, 1.165) is 5.56 Å². The van der Waals surface area contributed by atoms with Crippen LogP contribution >= 0.6 is 23.2 Å². The number of hydrogen-bond donors (Lipinski definition) is 1. The van der Waals surface area contributed by atoms with E-state index in [1.807, 2.05) is 12.1 Å². The highest BCUT2D eigenvalue weighted by Crippen LogP contribution is 2.27. The largest absolute Gasteiger partial charge is 0.465 e. The highest BCUT2D eigenvalue weighted by atomic mass is 35.5. The van der Waals surface area contributed by atoms with Crippen LogP contribution < -0.4 is 4.74 Å². The minimum atomic E-state index is -0.860. The molecule has 0 aromatic heterocycles. The van der Waals surface area contributed by atoms with Gasteiger partial charge in [-0.05, 0) is 48.0 Å². The van der Waals surface area contributed by atoms with E-state index >= 15 is 0 Å². The molecular formula is C18H18Cl2N2O3. The lowest BCUT2D eigenvalue weighted by molar-refractivity contribution is 0.103. The first-order valence-corrected chi connectivity index (χ1v) is 8.68. The maximum atomic E-state index is 11.0. The van der Waals surface area contributed by atoms with Gasteiger partial charge in [0.15, 0.2) is 0 Å². The molecule has 5 nitrogen and oxygen atoms in total. The standard InChI is InChI=1S/C18H18Cl2N2O3/c19-14-1-3-16(4-2-14)25-17-10-13(9-15(20)11-17)12-21-5-7-22(8-6-21)18(23)24/h1-4,9-11H,5-8,12H2,(H,23,24). The Morgan fingerprint density at radius 1 is 0.960 bits per heavy atom. The summed E-state index contributed by atoms with van der Waals surface area (Å²) in [7, 11) is 0. The number of carboxylic acid groups (broad SMARTS) is 1. The molecule has 3 rings (SSSR count). The molecule has 1 N–H and O–H groups in total. The van der Waals surface area contributed by atoms with Crippen molar-refractivity contribution in [3.63, 3.8) is 0 Å².